The second-order valence-electron chi connectivity index (χ2n) is 10.0. The molecule has 1 aromatic carbocycles. The van der Waals surface area contributed by atoms with E-state index in [1.807, 2.05) is 0 Å². The fraction of sp³-hybridized carbons (Fsp3) is 0.464. The molecule has 1 heterocycles. The average molecular weight is 588 g/mol. The van der Waals surface area contributed by atoms with Crippen molar-refractivity contribution in [1.29, 1.82) is 0 Å². The molecule has 0 aromatic heterocycles. The van der Waals surface area contributed by atoms with E-state index in [4.69, 9.17) is 9.84 Å². The van der Waals surface area contributed by atoms with Gasteiger partial charge in [0.05, 0.1) is 0 Å². The number of carboxylic acids is 1. The molecule has 228 valence electrons. The molecule has 0 radical (unpaired) electrons. The smallest absolute Gasteiger partial charge is 0.407 e. The topological polar surface area (TPSA) is 200 Å². The first-order valence-electron chi connectivity index (χ1n) is 13.5. The molecule has 0 aliphatic carbocycles. The fourth-order valence-electron chi connectivity index (χ4n) is 3.82. The summed E-state index contributed by atoms with van der Waals surface area (Å²) in [5.74, 6) is -3.43. The molecule has 0 spiro atoms. The number of unbranched alkanes of at least 4 members (excludes halogenated alkanes) is 2. The molecule has 1 aliphatic rings. The van der Waals surface area contributed by atoms with Crippen LogP contribution in [0, 0.1) is 5.92 Å². The van der Waals surface area contributed by atoms with Crippen molar-refractivity contribution in [3.8, 4) is 0 Å². The first-order chi connectivity index (χ1) is 19.9. The fourth-order valence-corrected chi connectivity index (χ4v) is 3.82. The number of amides is 6. The molecule has 5 N–H and O–H groups in total. The number of rotatable bonds is 16. The van der Waals surface area contributed by atoms with E-state index in [-0.39, 0.29) is 43.2 Å². The maximum Gasteiger partial charge on any atom is 0.407 e. The normalized spacial score (nSPS) is 13.9. The lowest BCUT2D eigenvalue weighted by Crippen LogP contribution is -2.53. The molecule has 0 saturated heterocycles. The minimum absolute atomic E-state index is 0.104. The minimum Gasteiger partial charge on any atom is -0.480 e. The van der Waals surface area contributed by atoms with Gasteiger partial charge in [-0.1, -0.05) is 32.4 Å². The zero-order valence-electron chi connectivity index (χ0n) is 23.8. The number of carbonyl (C=O) groups is 7. The van der Waals surface area contributed by atoms with Gasteiger partial charge in [0.15, 0.2) is 0 Å². The van der Waals surface area contributed by atoms with E-state index in [9.17, 15) is 33.6 Å². The van der Waals surface area contributed by atoms with Crippen LogP contribution in [0.25, 0.3) is 0 Å². The number of alkyl carbamates (subject to hydrolysis) is 1. The standard InChI is InChI=1S/C28H37N5O9/c1-17(2)25(32-21(34)7-5-4-6-14-33-22(35)12-13-23(33)36)27(40)30-18(3)26(39)31-20-10-8-19(9-11-20)16-42-28(41)29-15-24(37)38/h8-13,17-18,25H,4-7,14-16H2,1-3H3,(H,29,41)(H,30,40)(H,31,39)(H,32,34)(H,37,38)/t18-,25-/m0/s1. The Balaban J connectivity index is 1.74. The van der Waals surface area contributed by atoms with E-state index < -0.39 is 42.5 Å². The van der Waals surface area contributed by atoms with Crippen LogP contribution in [0.15, 0.2) is 36.4 Å². The number of carbonyl (C=O) groups excluding carboxylic acids is 6. The summed E-state index contributed by atoms with van der Waals surface area (Å²) < 4.78 is 4.90. The van der Waals surface area contributed by atoms with Crippen molar-refractivity contribution in [3.05, 3.63) is 42.0 Å². The van der Waals surface area contributed by atoms with Crippen LogP contribution in [0.4, 0.5) is 10.5 Å². The third-order valence-corrected chi connectivity index (χ3v) is 6.18. The van der Waals surface area contributed by atoms with Crippen LogP contribution in [-0.2, 0) is 40.1 Å². The van der Waals surface area contributed by atoms with Crippen LogP contribution in [0.3, 0.4) is 0 Å². The highest BCUT2D eigenvalue weighted by Crippen LogP contribution is 2.12. The van der Waals surface area contributed by atoms with Gasteiger partial charge in [0.1, 0.15) is 25.2 Å². The molecule has 0 saturated carbocycles. The van der Waals surface area contributed by atoms with Gasteiger partial charge in [-0.25, -0.2) is 4.79 Å². The maximum absolute atomic E-state index is 12.9. The molecule has 1 aromatic rings. The van der Waals surface area contributed by atoms with Gasteiger partial charge in [0, 0.05) is 30.8 Å². The van der Waals surface area contributed by atoms with E-state index in [1.165, 1.54) is 19.1 Å². The molecule has 6 amide bonds. The molecule has 14 heteroatoms. The summed E-state index contributed by atoms with van der Waals surface area (Å²) in [4.78, 5) is 84.1. The van der Waals surface area contributed by atoms with Gasteiger partial charge in [-0.15, -0.1) is 0 Å². The predicted octanol–water partition coefficient (Wildman–Crippen LogP) is 1.07. The van der Waals surface area contributed by atoms with E-state index in [1.54, 1.807) is 38.1 Å². The van der Waals surface area contributed by atoms with E-state index >= 15 is 0 Å². The summed E-state index contributed by atoms with van der Waals surface area (Å²) in [5, 5.41) is 18.6. The number of ether oxygens (including phenoxy) is 1. The SMILES string of the molecule is CC(C)[C@H](NC(=O)CCCCCN1C(=O)C=CC1=O)C(=O)N[C@@H](C)C(=O)Nc1ccc(COC(=O)NCC(=O)O)cc1. The highest BCUT2D eigenvalue weighted by atomic mass is 16.5. The molecular formula is C28H37N5O9. The Labute approximate surface area is 243 Å². The molecular weight excluding hydrogens is 550 g/mol. The molecule has 1 aliphatic heterocycles. The second-order valence-corrected chi connectivity index (χ2v) is 10.0. The largest absolute Gasteiger partial charge is 0.480 e. The monoisotopic (exact) mass is 587 g/mol. The van der Waals surface area contributed by atoms with Gasteiger partial charge < -0.3 is 31.1 Å². The van der Waals surface area contributed by atoms with Gasteiger partial charge in [-0.05, 0) is 43.4 Å². The van der Waals surface area contributed by atoms with Gasteiger partial charge in [-0.3, -0.25) is 33.7 Å². The number of hydrogen-bond donors (Lipinski definition) is 5. The van der Waals surface area contributed by atoms with Crippen LogP contribution in [-0.4, -0.2) is 76.8 Å². The van der Waals surface area contributed by atoms with Crippen LogP contribution in [0.5, 0.6) is 0 Å². The van der Waals surface area contributed by atoms with Crippen molar-refractivity contribution < 1.29 is 43.4 Å². The lowest BCUT2D eigenvalue weighted by molar-refractivity contribution is -0.137. The Bertz CT molecular complexity index is 1180. The third kappa shape index (κ3) is 11.4. The molecule has 0 fully saturated rings. The summed E-state index contributed by atoms with van der Waals surface area (Å²) in [6.07, 6.45) is 3.45. The average Bonchev–Trinajstić information content (AvgIpc) is 3.26. The van der Waals surface area contributed by atoms with Gasteiger partial charge in [0.25, 0.3) is 11.8 Å². The van der Waals surface area contributed by atoms with Gasteiger partial charge >= 0.3 is 12.1 Å². The van der Waals surface area contributed by atoms with Crippen molar-refractivity contribution in [2.45, 2.75) is 65.1 Å². The second kappa shape index (κ2) is 16.5. The quantitative estimate of drug-likeness (QED) is 0.139. The number of benzene rings is 1. The summed E-state index contributed by atoms with van der Waals surface area (Å²) in [5.41, 5.74) is 1.04. The van der Waals surface area contributed by atoms with Crippen LogP contribution >= 0.6 is 0 Å². The van der Waals surface area contributed by atoms with Crippen molar-refractivity contribution in [2.24, 2.45) is 5.92 Å². The Morgan fingerprint density at radius 1 is 0.881 bits per heavy atom. The first-order valence-corrected chi connectivity index (χ1v) is 13.5. The summed E-state index contributed by atoms with van der Waals surface area (Å²) >= 11 is 0. The number of aliphatic carboxylic acids is 1. The Morgan fingerprint density at radius 3 is 2.12 bits per heavy atom. The first kappa shape index (κ1) is 33.5. The summed E-state index contributed by atoms with van der Waals surface area (Å²) in [6.45, 7) is 4.68. The van der Waals surface area contributed by atoms with Crippen molar-refractivity contribution >= 4 is 47.3 Å². The van der Waals surface area contributed by atoms with Gasteiger partial charge in [0.2, 0.25) is 17.7 Å². The highest BCUT2D eigenvalue weighted by molar-refractivity contribution is 6.12. The van der Waals surface area contributed by atoms with Crippen molar-refractivity contribution in [3.63, 3.8) is 0 Å². The number of carboxylic acid groups (broad SMARTS) is 1. The van der Waals surface area contributed by atoms with Crippen molar-refractivity contribution in [2.75, 3.05) is 18.4 Å². The molecule has 0 unspecified atom stereocenters. The van der Waals surface area contributed by atoms with E-state index in [0.29, 0.717) is 30.5 Å². The molecule has 2 atom stereocenters. The Hall–Kier alpha value is -4.75. The van der Waals surface area contributed by atoms with Crippen molar-refractivity contribution in [1.82, 2.24) is 20.9 Å². The number of imide groups is 1. The van der Waals surface area contributed by atoms with Crippen LogP contribution < -0.4 is 21.3 Å². The minimum atomic E-state index is -1.20. The Morgan fingerprint density at radius 2 is 1.52 bits per heavy atom. The lowest BCUT2D eigenvalue weighted by atomic mass is 10.0. The maximum atomic E-state index is 12.9. The summed E-state index contributed by atoms with van der Waals surface area (Å²) in [7, 11) is 0. The van der Waals surface area contributed by atoms with Crippen LogP contribution in [0.1, 0.15) is 52.0 Å². The predicted molar refractivity (Wildman–Crippen MR) is 150 cm³/mol. The third-order valence-electron chi connectivity index (χ3n) is 6.18. The molecule has 0 bridgehead atoms. The zero-order chi connectivity index (χ0) is 31.2. The number of nitrogens with zero attached hydrogens (tertiary/aromatic N) is 1. The zero-order valence-corrected chi connectivity index (χ0v) is 23.8. The lowest BCUT2D eigenvalue weighted by Gasteiger charge is -2.24. The number of hydrogen-bond acceptors (Lipinski definition) is 8. The number of anilines is 1. The highest BCUT2D eigenvalue weighted by Gasteiger charge is 2.27. The Kier molecular flexibility index (Phi) is 13.1. The molecule has 2 rings (SSSR count). The molecule has 42 heavy (non-hydrogen) atoms. The number of nitrogens with one attached hydrogen (secondary N) is 4. The van der Waals surface area contributed by atoms with E-state index in [2.05, 4.69) is 21.3 Å². The molecule has 14 nitrogen and oxygen atoms in total. The van der Waals surface area contributed by atoms with E-state index in [0.717, 1.165) is 4.90 Å². The van der Waals surface area contributed by atoms with Crippen LogP contribution in [0.2, 0.25) is 0 Å². The van der Waals surface area contributed by atoms with Gasteiger partial charge in [-0.2, -0.15) is 0 Å². The summed E-state index contributed by atoms with van der Waals surface area (Å²) in [6, 6.07) is 4.60.